The van der Waals surface area contributed by atoms with Gasteiger partial charge in [0.05, 0.1) is 0 Å². The molecule has 0 bridgehead atoms. The van der Waals surface area contributed by atoms with Crippen LogP contribution in [0.25, 0.3) is 0 Å². The predicted octanol–water partition coefficient (Wildman–Crippen LogP) is 1.74. The molecule has 1 rings (SSSR count). The lowest BCUT2D eigenvalue weighted by Gasteiger charge is -2.05. The number of rotatable bonds is 4. The van der Waals surface area contributed by atoms with Crippen molar-refractivity contribution in [2.75, 3.05) is 6.61 Å². The Labute approximate surface area is 94.4 Å². The fourth-order valence-corrected chi connectivity index (χ4v) is 1.70. The Morgan fingerprint density at radius 3 is 2.53 bits per heavy atom. The molecule has 0 fully saturated rings. The largest absolute Gasteiger partial charge is 0.470 e. The molecule has 0 radical (unpaired) electrons. The first-order chi connectivity index (χ1) is 6.90. The molecule has 2 N–H and O–H groups in total. The van der Waals surface area contributed by atoms with Crippen molar-refractivity contribution < 1.29 is 23.7 Å². The molecule has 0 aliphatic heterocycles. The van der Waals surface area contributed by atoms with Crippen LogP contribution in [0.1, 0.15) is 10.4 Å². The first kappa shape index (κ1) is 12.5. The van der Waals surface area contributed by atoms with E-state index in [9.17, 15) is 9.36 Å². The van der Waals surface area contributed by atoms with Crippen LogP contribution in [0.5, 0.6) is 0 Å². The maximum atomic E-state index is 11.4. The highest BCUT2D eigenvalue weighted by molar-refractivity contribution is 9.10. The second-order valence-corrected chi connectivity index (χ2v) is 4.76. The third-order valence-electron chi connectivity index (χ3n) is 1.54. The van der Waals surface area contributed by atoms with Crippen LogP contribution in [-0.2, 0) is 9.09 Å². The van der Waals surface area contributed by atoms with Gasteiger partial charge in [0, 0.05) is 10.0 Å². The third kappa shape index (κ3) is 4.24. The van der Waals surface area contributed by atoms with Crippen molar-refractivity contribution in [3.63, 3.8) is 0 Å². The number of Topliss-reactive ketones (excluding diaryl/α,β-unsaturated/α-hetero) is 1. The zero-order valence-electron chi connectivity index (χ0n) is 7.46. The van der Waals surface area contributed by atoms with Crippen LogP contribution in [0.3, 0.4) is 0 Å². The van der Waals surface area contributed by atoms with Gasteiger partial charge in [0.15, 0.2) is 5.78 Å². The highest BCUT2D eigenvalue weighted by Gasteiger charge is 2.18. The van der Waals surface area contributed by atoms with Crippen LogP contribution in [0.15, 0.2) is 28.7 Å². The van der Waals surface area contributed by atoms with Gasteiger partial charge in [-0.1, -0.05) is 34.1 Å². The van der Waals surface area contributed by atoms with Crippen LogP contribution in [-0.4, -0.2) is 22.2 Å². The van der Waals surface area contributed by atoms with E-state index in [4.69, 9.17) is 9.79 Å². The Hall–Kier alpha value is -0.520. The van der Waals surface area contributed by atoms with E-state index in [1.54, 1.807) is 18.2 Å². The summed E-state index contributed by atoms with van der Waals surface area (Å²) in [6, 6.07) is 6.57. The Bertz CT molecular complexity index is 413. The molecule has 1 aromatic rings. The summed E-state index contributed by atoms with van der Waals surface area (Å²) in [5.74, 6) is -0.495. The zero-order chi connectivity index (χ0) is 11.5. The first-order valence-corrected chi connectivity index (χ1v) is 6.20. The molecule has 0 atom stereocenters. The molecule has 0 aliphatic carbocycles. The van der Waals surface area contributed by atoms with Crippen molar-refractivity contribution in [1.29, 1.82) is 0 Å². The SMILES string of the molecule is O=C(COP(=O)(O)O)c1ccccc1Br. The van der Waals surface area contributed by atoms with E-state index in [-0.39, 0.29) is 0 Å². The third-order valence-corrected chi connectivity index (χ3v) is 2.70. The van der Waals surface area contributed by atoms with Gasteiger partial charge in [0.1, 0.15) is 6.61 Å². The monoisotopic (exact) mass is 294 g/mol. The first-order valence-electron chi connectivity index (χ1n) is 3.88. The minimum absolute atomic E-state index is 0.325. The van der Waals surface area contributed by atoms with Gasteiger partial charge in [-0.25, -0.2) is 4.57 Å². The lowest BCUT2D eigenvalue weighted by molar-refractivity contribution is 0.0883. The summed E-state index contributed by atoms with van der Waals surface area (Å²) < 4.78 is 15.0. The quantitative estimate of drug-likeness (QED) is 0.653. The van der Waals surface area contributed by atoms with Crippen molar-refractivity contribution in [1.82, 2.24) is 0 Å². The van der Waals surface area contributed by atoms with Crippen molar-refractivity contribution in [2.45, 2.75) is 0 Å². The van der Waals surface area contributed by atoms with Gasteiger partial charge in [-0.15, -0.1) is 0 Å². The van der Waals surface area contributed by atoms with Crippen molar-refractivity contribution in [3.05, 3.63) is 34.3 Å². The van der Waals surface area contributed by atoms with E-state index in [1.165, 1.54) is 6.07 Å². The smallest absolute Gasteiger partial charge is 0.303 e. The second kappa shape index (κ2) is 5.01. The lowest BCUT2D eigenvalue weighted by atomic mass is 10.1. The maximum absolute atomic E-state index is 11.4. The van der Waals surface area contributed by atoms with E-state index in [2.05, 4.69) is 20.5 Å². The Morgan fingerprint density at radius 2 is 2.00 bits per heavy atom. The van der Waals surface area contributed by atoms with E-state index in [1.807, 2.05) is 0 Å². The van der Waals surface area contributed by atoms with Gasteiger partial charge in [-0.2, -0.15) is 0 Å². The fourth-order valence-electron chi connectivity index (χ4n) is 0.908. The predicted molar refractivity (Wildman–Crippen MR) is 56.5 cm³/mol. The molecule has 82 valence electrons. The van der Waals surface area contributed by atoms with Gasteiger partial charge in [0.2, 0.25) is 0 Å². The Morgan fingerprint density at radius 1 is 1.40 bits per heavy atom. The number of ketones is 1. The van der Waals surface area contributed by atoms with Gasteiger partial charge in [-0.3, -0.25) is 9.32 Å². The Kier molecular flexibility index (Phi) is 4.19. The molecule has 0 heterocycles. The van der Waals surface area contributed by atoms with Crippen molar-refractivity contribution in [2.24, 2.45) is 0 Å². The number of phosphoric acid groups is 1. The molecule has 0 aromatic heterocycles. The molecular weight excluding hydrogens is 287 g/mol. The van der Waals surface area contributed by atoms with Gasteiger partial charge >= 0.3 is 7.82 Å². The standard InChI is InChI=1S/C8H8BrO5P/c9-7-4-2-1-3-6(7)8(10)5-14-15(11,12)13/h1-4H,5H2,(H2,11,12,13). The van der Waals surface area contributed by atoms with E-state index >= 15 is 0 Å². The Balaban J connectivity index is 2.71. The summed E-state index contributed by atoms with van der Waals surface area (Å²) in [6.45, 7) is -0.646. The summed E-state index contributed by atoms with van der Waals surface area (Å²) in [5, 5.41) is 0. The summed E-state index contributed by atoms with van der Waals surface area (Å²) in [5.41, 5.74) is 0.325. The number of halogens is 1. The molecule has 1 aromatic carbocycles. The molecule has 0 unspecified atom stereocenters. The normalized spacial score (nSPS) is 11.4. The van der Waals surface area contributed by atoms with E-state index < -0.39 is 20.2 Å². The van der Waals surface area contributed by atoms with Crippen LogP contribution in [0.2, 0.25) is 0 Å². The molecule has 0 aliphatic rings. The fraction of sp³-hybridized carbons (Fsp3) is 0.125. The topological polar surface area (TPSA) is 83.8 Å². The number of phosphoric ester groups is 1. The molecule has 0 saturated carbocycles. The van der Waals surface area contributed by atoms with Gasteiger partial charge in [0.25, 0.3) is 0 Å². The molecule has 0 spiro atoms. The molecule has 7 heteroatoms. The van der Waals surface area contributed by atoms with Gasteiger partial charge < -0.3 is 9.79 Å². The number of hydrogen-bond donors (Lipinski definition) is 2. The molecular formula is C8H8BrO5P. The second-order valence-electron chi connectivity index (χ2n) is 2.67. The molecule has 15 heavy (non-hydrogen) atoms. The lowest BCUT2D eigenvalue weighted by Crippen LogP contribution is -2.08. The van der Waals surface area contributed by atoms with Gasteiger partial charge in [-0.05, 0) is 6.07 Å². The average molecular weight is 295 g/mol. The van der Waals surface area contributed by atoms with Crippen molar-refractivity contribution in [3.8, 4) is 0 Å². The molecule has 0 amide bonds. The van der Waals surface area contributed by atoms with Crippen LogP contribution >= 0.6 is 23.8 Å². The van der Waals surface area contributed by atoms with E-state index in [0.717, 1.165) is 0 Å². The van der Waals surface area contributed by atoms with Crippen LogP contribution < -0.4 is 0 Å². The highest BCUT2D eigenvalue weighted by Crippen LogP contribution is 2.35. The van der Waals surface area contributed by atoms with Crippen molar-refractivity contribution >= 4 is 29.5 Å². The highest BCUT2D eigenvalue weighted by atomic mass is 79.9. The number of carbonyl (C=O) groups is 1. The maximum Gasteiger partial charge on any atom is 0.470 e. The number of hydrogen-bond acceptors (Lipinski definition) is 3. The summed E-state index contributed by atoms with van der Waals surface area (Å²) >= 11 is 3.15. The van der Waals surface area contributed by atoms with Crippen LogP contribution in [0, 0.1) is 0 Å². The zero-order valence-corrected chi connectivity index (χ0v) is 9.94. The minimum atomic E-state index is -4.59. The molecule has 5 nitrogen and oxygen atoms in total. The number of benzene rings is 1. The van der Waals surface area contributed by atoms with E-state index in [0.29, 0.717) is 10.0 Å². The molecule has 0 saturated heterocycles. The summed E-state index contributed by atoms with van der Waals surface area (Å²) in [4.78, 5) is 28.2. The summed E-state index contributed by atoms with van der Waals surface area (Å²) in [7, 11) is -4.59. The summed E-state index contributed by atoms with van der Waals surface area (Å²) in [6.07, 6.45) is 0. The number of carbonyl (C=O) groups excluding carboxylic acids is 1. The van der Waals surface area contributed by atoms with Crippen LogP contribution in [0.4, 0.5) is 0 Å². The average Bonchev–Trinajstić information content (AvgIpc) is 2.14. The minimum Gasteiger partial charge on any atom is -0.303 e.